The van der Waals surface area contributed by atoms with Gasteiger partial charge in [-0.2, -0.15) is 10.2 Å². The first kappa shape index (κ1) is 18.4. The van der Waals surface area contributed by atoms with Crippen LogP contribution in [-0.2, 0) is 9.84 Å². The SMILES string of the molecule is COc1ncccc1N=NCS(=O)(=O)CN=Nc1cccnc1OC. The number of azo groups is 2. The molecule has 2 aromatic heterocycles. The van der Waals surface area contributed by atoms with Crippen LogP contribution in [0.5, 0.6) is 11.8 Å². The molecule has 2 rings (SSSR count). The van der Waals surface area contributed by atoms with Gasteiger partial charge >= 0.3 is 0 Å². The lowest BCUT2D eigenvalue weighted by Crippen LogP contribution is -2.06. The molecule has 2 aromatic rings. The lowest BCUT2D eigenvalue weighted by atomic mass is 10.4. The monoisotopic (exact) mass is 364 g/mol. The minimum atomic E-state index is -3.60. The third-order valence-electron chi connectivity index (χ3n) is 2.75. The molecule has 0 saturated carbocycles. The van der Waals surface area contributed by atoms with Crippen LogP contribution in [0.2, 0.25) is 0 Å². The largest absolute Gasteiger partial charge is 0.479 e. The summed E-state index contributed by atoms with van der Waals surface area (Å²) in [7, 11) is -0.733. The quantitative estimate of drug-likeness (QED) is 0.662. The van der Waals surface area contributed by atoms with Gasteiger partial charge in [-0.15, -0.1) is 10.2 Å². The molecule has 0 atom stereocenters. The molecule has 0 N–H and O–H groups in total. The number of ether oxygens (including phenoxy) is 2. The Morgan fingerprint density at radius 3 is 1.72 bits per heavy atom. The van der Waals surface area contributed by atoms with Crippen molar-refractivity contribution in [2.75, 3.05) is 26.0 Å². The highest BCUT2D eigenvalue weighted by Crippen LogP contribution is 2.24. The third kappa shape index (κ3) is 5.57. The predicted molar refractivity (Wildman–Crippen MR) is 89.3 cm³/mol. The maximum atomic E-state index is 11.9. The Kier molecular flexibility index (Phi) is 6.46. The Morgan fingerprint density at radius 1 is 0.880 bits per heavy atom. The summed E-state index contributed by atoms with van der Waals surface area (Å²) >= 11 is 0. The molecule has 0 aromatic carbocycles. The molecule has 0 aliphatic rings. The van der Waals surface area contributed by atoms with Crippen LogP contribution in [0.1, 0.15) is 0 Å². The van der Waals surface area contributed by atoms with E-state index in [2.05, 4.69) is 30.4 Å². The van der Waals surface area contributed by atoms with E-state index >= 15 is 0 Å². The summed E-state index contributed by atoms with van der Waals surface area (Å²) in [6, 6.07) is 6.49. The van der Waals surface area contributed by atoms with Gasteiger partial charge in [-0.3, -0.25) is 0 Å². The van der Waals surface area contributed by atoms with Gasteiger partial charge in [0.2, 0.25) is 11.8 Å². The Balaban J connectivity index is 1.98. The van der Waals surface area contributed by atoms with E-state index in [1.165, 1.54) is 26.6 Å². The second-order valence-electron chi connectivity index (χ2n) is 4.55. The number of methoxy groups -OCH3 is 2. The molecule has 132 valence electrons. The molecular formula is C14H16N6O4S. The normalized spacial score (nSPS) is 11.9. The Morgan fingerprint density at radius 2 is 1.32 bits per heavy atom. The highest BCUT2D eigenvalue weighted by molar-refractivity contribution is 7.91. The Hall–Kier alpha value is -2.95. The minimum absolute atomic E-state index is 0.256. The molecule has 0 bridgehead atoms. The van der Waals surface area contributed by atoms with E-state index in [0.717, 1.165) is 0 Å². The van der Waals surface area contributed by atoms with E-state index in [9.17, 15) is 8.42 Å². The van der Waals surface area contributed by atoms with Gasteiger partial charge in [0, 0.05) is 12.4 Å². The van der Waals surface area contributed by atoms with Crippen LogP contribution in [0.25, 0.3) is 0 Å². The van der Waals surface area contributed by atoms with Crippen LogP contribution in [0.15, 0.2) is 57.1 Å². The van der Waals surface area contributed by atoms with Crippen molar-refractivity contribution < 1.29 is 17.9 Å². The first-order valence-corrected chi connectivity index (χ1v) is 8.81. The van der Waals surface area contributed by atoms with Crippen LogP contribution in [0.3, 0.4) is 0 Å². The molecule has 0 saturated heterocycles. The summed E-state index contributed by atoms with van der Waals surface area (Å²) in [4.78, 5) is 7.87. The van der Waals surface area contributed by atoms with Gasteiger partial charge in [-0.1, -0.05) is 0 Å². The Labute approximate surface area is 144 Å². The van der Waals surface area contributed by atoms with Crippen LogP contribution < -0.4 is 9.47 Å². The number of pyridine rings is 2. The Bertz CT molecular complexity index is 804. The van der Waals surface area contributed by atoms with Crippen LogP contribution in [0, 0.1) is 0 Å². The van der Waals surface area contributed by atoms with Crippen LogP contribution >= 0.6 is 0 Å². The zero-order valence-corrected chi connectivity index (χ0v) is 14.4. The maximum Gasteiger partial charge on any atom is 0.241 e. The standard InChI is InChI=1S/C14H16N6O4S/c1-23-13-11(5-3-7-15-13)19-17-9-25(21,22)10-18-20-12-6-4-8-16-14(12)24-2/h3-8H,9-10H2,1-2H3. The van der Waals surface area contributed by atoms with E-state index in [4.69, 9.17) is 9.47 Å². The molecule has 25 heavy (non-hydrogen) atoms. The lowest BCUT2D eigenvalue weighted by Gasteiger charge is -2.01. The van der Waals surface area contributed by atoms with Crippen LogP contribution in [-0.4, -0.2) is 44.4 Å². The number of nitrogens with zero attached hydrogens (tertiary/aromatic N) is 6. The van der Waals surface area contributed by atoms with Gasteiger partial charge in [0.05, 0.1) is 14.2 Å². The van der Waals surface area contributed by atoms with Gasteiger partial charge in [-0.25, -0.2) is 18.4 Å². The molecule has 0 spiro atoms. The van der Waals surface area contributed by atoms with Crippen molar-refractivity contribution >= 4 is 21.2 Å². The molecular weight excluding hydrogens is 348 g/mol. The number of sulfone groups is 1. The molecule has 2 heterocycles. The molecule has 0 aliphatic heterocycles. The summed E-state index contributed by atoms with van der Waals surface area (Å²) in [5.41, 5.74) is 0.670. The average molecular weight is 364 g/mol. The summed E-state index contributed by atoms with van der Waals surface area (Å²) in [5, 5.41) is 14.9. The minimum Gasteiger partial charge on any atom is -0.479 e. The molecule has 0 unspecified atom stereocenters. The van der Waals surface area contributed by atoms with Crippen molar-refractivity contribution in [3.8, 4) is 11.8 Å². The highest BCUT2D eigenvalue weighted by Gasteiger charge is 2.10. The highest BCUT2D eigenvalue weighted by atomic mass is 32.2. The summed E-state index contributed by atoms with van der Waals surface area (Å²) in [5.74, 6) is -0.554. The first-order valence-electron chi connectivity index (χ1n) is 6.99. The van der Waals surface area contributed by atoms with E-state index < -0.39 is 21.6 Å². The predicted octanol–water partition coefficient (Wildman–Crippen LogP) is 2.69. The van der Waals surface area contributed by atoms with Gasteiger partial charge in [0.25, 0.3) is 0 Å². The van der Waals surface area contributed by atoms with Crippen molar-refractivity contribution in [3.05, 3.63) is 36.7 Å². The second-order valence-corrected chi connectivity index (χ2v) is 6.55. The second kappa shape index (κ2) is 8.78. The van der Waals surface area contributed by atoms with Crippen molar-refractivity contribution in [2.24, 2.45) is 20.5 Å². The number of aromatic nitrogens is 2. The van der Waals surface area contributed by atoms with E-state index in [-0.39, 0.29) is 11.8 Å². The van der Waals surface area contributed by atoms with Crippen molar-refractivity contribution in [3.63, 3.8) is 0 Å². The van der Waals surface area contributed by atoms with Gasteiger partial charge in [-0.05, 0) is 24.3 Å². The van der Waals surface area contributed by atoms with Crippen molar-refractivity contribution in [1.82, 2.24) is 9.97 Å². The van der Waals surface area contributed by atoms with Crippen molar-refractivity contribution in [1.29, 1.82) is 0 Å². The fourth-order valence-corrected chi connectivity index (χ4v) is 2.21. The van der Waals surface area contributed by atoms with E-state index in [1.807, 2.05) is 0 Å². The first-order chi connectivity index (χ1) is 12.1. The van der Waals surface area contributed by atoms with E-state index in [0.29, 0.717) is 11.4 Å². The maximum absolute atomic E-state index is 11.9. The zero-order valence-electron chi connectivity index (χ0n) is 13.6. The molecule has 0 fully saturated rings. The smallest absolute Gasteiger partial charge is 0.241 e. The number of hydrogen-bond donors (Lipinski definition) is 0. The van der Waals surface area contributed by atoms with E-state index in [1.54, 1.807) is 24.3 Å². The van der Waals surface area contributed by atoms with Gasteiger partial charge in [0.15, 0.2) is 21.6 Å². The topological polar surface area (TPSA) is 128 Å². The van der Waals surface area contributed by atoms with Gasteiger partial charge in [0.1, 0.15) is 11.4 Å². The molecule has 0 amide bonds. The van der Waals surface area contributed by atoms with Crippen LogP contribution in [0.4, 0.5) is 11.4 Å². The average Bonchev–Trinajstić information content (AvgIpc) is 2.62. The summed E-state index contributed by atoms with van der Waals surface area (Å²) in [6.07, 6.45) is 3.06. The molecule has 0 aliphatic carbocycles. The molecule has 10 nitrogen and oxygen atoms in total. The summed E-state index contributed by atoms with van der Waals surface area (Å²) < 4.78 is 33.8. The molecule has 11 heteroatoms. The molecule has 0 radical (unpaired) electrons. The van der Waals surface area contributed by atoms with Crippen molar-refractivity contribution in [2.45, 2.75) is 0 Å². The fraction of sp³-hybridized carbons (Fsp3) is 0.286. The summed E-state index contributed by atoms with van der Waals surface area (Å²) in [6.45, 7) is 0. The third-order valence-corrected chi connectivity index (χ3v) is 3.77. The number of rotatable bonds is 8. The lowest BCUT2D eigenvalue weighted by molar-refractivity contribution is 0.399. The van der Waals surface area contributed by atoms with Gasteiger partial charge < -0.3 is 9.47 Å². The fourth-order valence-electron chi connectivity index (χ4n) is 1.66. The zero-order chi connectivity index (χ0) is 18.1. The number of hydrogen-bond acceptors (Lipinski definition) is 10.